The highest BCUT2D eigenvalue weighted by atomic mass is 32.2. The van der Waals surface area contributed by atoms with E-state index in [0.717, 1.165) is 0 Å². The second-order valence-electron chi connectivity index (χ2n) is 5.76. The molecule has 0 spiro atoms. The van der Waals surface area contributed by atoms with E-state index in [1.165, 1.54) is 6.07 Å². The first-order valence-electron chi connectivity index (χ1n) is 7.55. The van der Waals surface area contributed by atoms with Crippen LogP contribution in [-0.4, -0.2) is 30.6 Å². The summed E-state index contributed by atoms with van der Waals surface area (Å²) in [6.45, 7) is 2.16. The van der Waals surface area contributed by atoms with Crippen LogP contribution in [0, 0.1) is 18.3 Å². The van der Waals surface area contributed by atoms with Gasteiger partial charge in [-0.15, -0.1) is 0 Å². The topological polar surface area (TPSA) is 97.0 Å². The number of hydrogen-bond donors (Lipinski definition) is 1. The molecular formula is C16H18N4O3S. The number of hydrogen-bond acceptors (Lipinski definition) is 5. The van der Waals surface area contributed by atoms with Gasteiger partial charge in [-0.2, -0.15) is 5.26 Å². The largest absolute Gasteiger partial charge is 0.369 e. The maximum absolute atomic E-state index is 12.8. The van der Waals surface area contributed by atoms with Crippen molar-refractivity contribution in [3.05, 3.63) is 47.5 Å². The lowest BCUT2D eigenvalue weighted by Gasteiger charge is -2.20. The highest BCUT2D eigenvalue weighted by Crippen LogP contribution is 2.29. The fourth-order valence-electron chi connectivity index (χ4n) is 2.89. The molecule has 7 nitrogen and oxygen atoms in total. The van der Waals surface area contributed by atoms with Crippen LogP contribution in [0.1, 0.15) is 29.5 Å². The zero-order chi connectivity index (χ0) is 17.3. The molecule has 0 radical (unpaired) electrons. The molecule has 3 rings (SSSR count). The molecule has 2 heterocycles. The summed E-state index contributed by atoms with van der Waals surface area (Å²) in [6.07, 6.45) is 3.54. The molecule has 1 saturated heterocycles. The van der Waals surface area contributed by atoms with Gasteiger partial charge in [0.2, 0.25) is 10.0 Å². The van der Waals surface area contributed by atoms with Gasteiger partial charge in [-0.25, -0.2) is 18.1 Å². The van der Waals surface area contributed by atoms with E-state index in [2.05, 4.69) is 9.71 Å². The maximum atomic E-state index is 12.8. The number of ether oxygens (including phenoxy) is 1. The number of aromatic nitrogens is 2. The summed E-state index contributed by atoms with van der Waals surface area (Å²) in [5, 5.41) is 9.28. The van der Waals surface area contributed by atoms with E-state index in [1.54, 1.807) is 31.5 Å². The molecule has 0 unspecified atom stereocenters. The van der Waals surface area contributed by atoms with Crippen LogP contribution >= 0.6 is 0 Å². The van der Waals surface area contributed by atoms with Gasteiger partial charge in [-0.05, 0) is 25.0 Å². The average molecular weight is 346 g/mol. The molecule has 1 fully saturated rings. The third kappa shape index (κ3) is 2.94. The van der Waals surface area contributed by atoms with Crippen molar-refractivity contribution in [3.63, 3.8) is 0 Å². The van der Waals surface area contributed by atoms with E-state index in [4.69, 9.17) is 4.74 Å². The predicted molar refractivity (Wildman–Crippen MR) is 86.5 cm³/mol. The second-order valence-corrected chi connectivity index (χ2v) is 7.45. The lowest BCUT2D eigenvalue weighted by molar-refractivity contribution is 0.0933. The summed E-state index contributed by atoms with van der Waals surface area (Å²) < 4.78 is 35.7. The van der Waals surface area contributed by atoms with E-state index >= 15 is 0 Å². The highest BCUT2D eigenvalue weighted by Gasteiger charge is 2.36. The van der Waals surface area contributed by atoms with E-state index < -0.39 is 22.2 Å². The van der Waals surface area contributed by atoms with Crippen LogP contribution in [0.3, 0.4) is 0 Å². The lowest BCUT2D eigenvalue weighted by Crippen LogP contribution is -2.37. The quantitative estimate of drug-likeness (QED) is 0.903. The zero-order valence-corrected chi connectivity index (χ0v) is 14.2. The molecule has 1 aliphatic rings. The molecule has 0 saturated carbocycles. The van der Waals surface area contributed by atoms with Crippen molar-refractivity contribution in [1.29, 1.82) is 5.26 Å². The number of benzene rings is 1. The van der Waals surface area contributed by atoms with Crippen LogP contribution in [0.5, 0.6) is 0 Å². The Hall–Kier alpha value is -2.21. The van der Waals surface area contributed by atoms with E-state index in [-0.39, 0.29) is 10.5 Å². The molecule has 126 valence electrons. The van der Waals surface area contributed by atoms with Crippen molar-refractivity contribution in [1.82, 2.24) is 14.3 Å². The molecule has 1 aromatic carbocycles. The fraction of sp³-hybridized carbons (Fsp3) is 0.375. The van der Waals surface area contributed by atoms with Gasteiger partial charge in [0.25, 0.3) is 0 Å². The molecule has 1 aliphatic heterocycles. The molecule has 2 aromatic rings. The van der Waals surface area contributed by atoms with Gasteiger partial charge >= 0.3 is 0 Å². The van der Waals surface area contributed by atoms with Crippen LogP contribution in [0.2, 0.25) is 0 Å². The normalized spacial score (nSPS) is 20.9. The summed E-state index contributed by atoms with van der Waals surface area (Å²) >= 11 is 0. The first kappa shape index (κ1) is 16.6. The number of nitrogens with one attached hydrogen (secondary N) is 1. The molecule has 0 bridgehead atoms. The fourth-order valence-corrected chi connectivity index (χ4v) is 4.39. The van der Waals surface area contributed by atoms with Gasteiger partial charge in [0, 0.05) is 26.0 Å². The van der Waals surface area contributed by atoms with Crippen LogP contribution in [0.15, 0.2) is 35.5 Å². The Kier molecular flexibility index (Phi) is 4.41. The Bertz CT molecular complexity index is 898. The van der Waals surface area contributed by atoms with Gasteiger partial charge in [-0.3, -0.25) is 0 Å². The Morgan fingerprint density at radius 1 is 1.46 bits per heavy atom. The van der Waals surface area contributed by atoms with Crippen LogP contribution in [0.4, 0.5) is 0 Å². The molecule has 8 heteroatoms. The van der Waals surface area contributed by atoms with E-state index in [1.807, 2.05) is 17.7 Å². The third-order valence-corrected chi connectivity index (χ3v) is 5.68. The van der Waals surface area contributed by atoms with Gasteiger partial charge in [0.05, 0.1) is 11.6 Å². The number of nitriles is 1. The average Bonchev–Trinajstić information content (AvgIpc) is 3.15. The molecule has 1 aromatic heterocycles. The summed E-state index contributed by atoms with van der Waals surface area (Å²) in [5.41, 5.74) is 0.793. The minimum atomic E-state index is -3.84. The third-order valence-electron chi connectivity index (χ3n) is 4.15. The maximum Gasteiger partial charge on any atom is 0.242 e. The first-order chi connectivity index (χ1) is 11.4. The number of imidazole rings is 1. The van der Waals surface area contributed by atoms with Crippen LogP contribution in [0.25, 0.3) is 0 Å². The molecule has 2 atom stereocenters. The molecule has 1 N–H and O–H groups in total. The highest BCUT2D eigenvalue weighted by molar-refractivity contribution is 7.89. The van der Waals surface area contributed by atoms with Crippen LogP contribution < -0.4 is 4.72 Å². The monoisotopic (exact) mass is 346 g/mol. The van der Waals surface area contributed by atoms with Gasteiger partial charge in [0.1, 0.15) is 22.9 Å². The minimum Gasteiger partial charge on any atom is -0.369 e. The Labute approximate surface area is 140 Å². The smallest absolute Gasteiger partial charge is 0.242 e. The van der Waals surface area contributed by atoms with Crippen molar-refractivity contribution in [2.45, 2.75) is 30.4 Å². The predicted octanol–water partition coefficient (Wildman–Crippen LogP) is 1.41. The lowest BCUT2D eigenvalue weighted by atomic mass is 10.1. The molecule has 0 aliphatic carbocycles. The molecule has 0 amide bonds. The van der Waals surface area contributed by atoms with Crippen molar-refractivity contribution in [2.75, 3.05) is 6.61 Å². The standard InChI is InChI=1S/C16H18N4O3S/c1-11-4-3-5-14(12(11)10-17)24(21,22)19-13-6-9-23-15(13)16-18-7-8-20(16)2/h3-5,7-8,13,15,19H,6,9H2,1-2H3/t13-,15-/m0/s1. The first-order valence-corrected chi connectivity index (χ1v) is 9.03. The molecular weight excluding hydrogens is 328 g/mol. The number of sulfonamides is 1. The SMILES string of the molecule is Cc1cccc(S(=O)(=O)N[C@H]2CCO[C@@H]2c2nccn2C)c1C#N. The van der Waals surface area contributed by atoms with Gasteiger partial charge < -0.3 is 9.30 Å². The number of aryl methyl sites for hydroxylation is 2. The summed E-state index contributed by atoms with van der Waals surface area (Å²) in [4.78, 5) is 4.25. The van der Waals surface area contributed by atoms with Gasteiger partial charge in [-0.1, -0.05) is 12.1 Å². The van der Waals surface area contributed by atoms with Crippen molar-refractivity contribution >= 4 is 10.0 Å². The van der Waals surface area contributed by atoms with Gasteiger partial charge in [0.15, 0.2) is 0 Å². The van der Waals surface area contributed by atoms with Crippen LogP contribution in [-0.2, 0) is 21.8 Å². The Morgan fingerprint density at radius 3 is 2.92 bits per heavy atom. The number of rotatable bonds is 4. The van der Waals surface area contributed by atoms with Crippen molar-refractivity contribution in [3.8, 4) is 6.07 Å². The van der Waals surface area contributed by atoms with E-state index in [9.17, 15) is 13.7 Å². The Morgan fingerprint density at radius 2 is 2.25 bits per heavy atom. The summed E-state index contributed by atoms with van der Waals surface area (Å²) in [6, 6.07) is 6.34. The molecule has 24 heavy (non-hydrogen) atoms. The summed E-state index contributed by atoms with van der Waals surface area (Å²) in [7, 11) is -2.00. The Balaban J connectivity index is 1.91. The zero-order valence-electron chi connectivity index (χ0n) is 13.4. The summed E-state index contributed by atoms with van der Waals surface area (Å²) in [5.74, 6) is 0.671. The van der Waals surface area contributed by atoms with Crippen molar-refractivity contribution in [2.24, 2.45) is 7.05 Å². The van der Waals surface area contributed by atoms with E-state index in [0.29, 0.717) is 24.4 Å². The van der Waals surface area contributed by atoms with Crippen molar-refractivity contribution < 1.29 is 13.2 Å². The second kappa shape index (κ2) is 6.36. The number of nitrogens with zero attached hydrogens (tertiary/aromatic N) is 3. The minimum absolute atomic E-state index is 0.00418.